The molecule has 0 spiro atoms. The SMILES string of the molecule is c1ccc(-n2c3ccc(-c4ccc5c(c4)-c4cccc6cccc-5c46)cc3c3cc(-c4ccc5sc6ccccc6c5c4)ccc32)cc1. The van der Waals surface area contributed by atoms with Crippen molar-refractivity contribution in [3.63, 3.8) is 0 Å². The van der Waals surface area contributed by atoms with Crippen molar-refractivity contribution in [3.8, 4) is 50.2 Å². The van der Waals surface area contributed by atoms with Crippen molar-refractivity contribution >= 4 is 64.1 Å². The van der Waals surface area contributed by atoms with Gasteiger partial charge in [-0.2, -0.15) is 0 Å². The molecular formula is C46H27NS. The molecule has 0 bridgehead atoms. The second-order valence-electron chi connectivity index (χ2n) is 12.9. The molecule has 11 rings (SSSR count). The Kier molecular flexibility index (Phi) is 5.32. The minimum absolute atomic E-state index is 1.17. The van der Waals surface area contributed by atoms with Gasteiger partial charge in [0, 0.05) is 36.6 Å². The molecule has 1 aliphatic carbocycles. The number of rotatable bonds is 3. The van der Waals surface area contributed by atoms with E-state index in [0.717, 1.165) is 0 Å². The molecule has 222 valence electrons. The molecule has 2 heterocycles. The van der Waals surface area contributed by atoms with Crippen LogP contribution in [0.25, 0.3) is 103 Å². The van der Waals surface area contributed by atoms with Gasteiger partial charge in [-0.3, -0.25) is 0 Å². The minimum Gasteiger partial charge on any atom is -0.309 e. The van der Waals surface area contributed by atoms with Gasteiger partial charge in [0.1, 0.15) is 0 Å². The highest BCUT2D eigenvalue weighted by atomic mass is 32.1. The fraction of sp³-hybridized carbons (Fsp3) is 0. The number of hydrogen-bond acceptors (Lipinski definition) is 1. The van der Waals surface area contributed by atoms with Crippen LogP contribution in [0.1, 0.15) is 0 Å². The molecule has 8 aromatic carbocycles. The first kappa shape index (κ1) is 26.1. The predicted molar refractivity (Wildman–Crippen MR) is 206 cm³/mol. The van der Waals surface area contributed by atoms with Crippen LogP contribution in [0.4, 0.5) is 0 Å². The van der Waals surface area contributed by atoms with Crippen molar-refractivity contribution in [1.29, 1.82) is 0 Å². The molecule has 0 unspecified atom stereocenters. The molecule has 0 fully saturated rings. The van der Waals surface area contributed by atoms with Gasteiger partial charge >= 0.3 is 0 Å². The lowest BCUT2D eigenvalue weighted by Crippen LogP contribution is -1.93. The second kappa shape index (κ2) is 9.78. The number of para-hydroxylation sites is 1. The summed E-state index contributed by atoms with van der Waals surface area (Å²) in [6.45, 7) is 0. The van der Waals surface area contributed by atoms with Gasteiger partial charge < -0.3 is 4.57 Å². The van der Waals surface area contributed by atoms with E-state index in [1.807, 2.05) is 11.3 Å². The minimum atomic E-state index is 1.17. The van der Waals surface area contributed by atoms with Gasteiger partial charge in [0.15, 0.2) is 0 Å². The fourth-order valence-electron chi connectivity index (χ4n) is 8.11. The van der Waals surface area contributed by atoms with E-state index in [1.165, 1.54) is 103 Å². The molecular weight excluding hydrogens is 599 g/mol. The van der Waals surface area contributed by atoms with Crippen LogP contribution in [0.2, 0.25) is 0 Å². The first-order chi connectivity index (χ1) is 23.8. The van der Waals surface area contributed by atoms with Crippen LogP contribution in [0.15, 0.2) is 164 Å². The maximum absolute atomic E-state index is 2.41. The van der Waals surface area contributed by atoms with Crippen LogP contribution in [-0.4, -0.2) is 4.57 Å². The van der Waals surface area contributed by atoms with Gasteiger partial charge in [-0.25, -0.2) is 0 Å². The third-order valence-electron chi connectivity index (χ3n) is 10.3. The Bertz CT molecular complexity index is 2940. The van der Waals surface area contributed by atoms with E-state index in [1.54, 1.807) is 0 Å². The summed E-state index contributed by atoms with van der Waals surface area (Å²) in [6, 6.07) is 60.8. The summed E-state index contributed by atoms with van der Waals surface area (Å²) >= 11 is 1.87. The molecule has 48 heavy (non-hydrogen) atoms. The van der Waals surface area contributed by atoms with E-state index in [2.05, 4.69) is 168 Å². The Morgan fingerprint density at radius 1 is 0.354 bits per heavy atom. The Balaban J connectivity index is 1.12. The number of aromatic nitrogens is 1. The highest BCUT2D eigenvalue weighted by Crippen LogP contribution is 2.48. The zero-order chi connectivity index (χ0) is 31.3. The van der Waals surface area contributed by atoms with Crippen molar-refractivity contribution < 1.29 is 0 Å². The molecule has 0 amide bonds. The average Bonchev–Trinajstić information content (AvgIpc) is 3.80. The summed E-state index contributed by atoms with van der Waals surface area (Å²) in [6.07, 6.45) is 0. The molecule has 1 aliphatic rings. The van der Waals surface area contributed by atoms with Crippen LogP contribution >= 0.6 is 11.3 Å². The van der Waals surface area contributed by atoms with E-state index in [9.17, 15) is 0 Å². The van der Waals surface area contributed by atoms with Crippen molar-refractivity contribution in [2.75, 3.05) is 0 Å². The van der Waals surface area contributed by atoms with Crippen LogP contribution in [0, 0.1) is 0 Å². The van der Waals surface area contributed by atoms with Crippen molar-refractivity contribution in [2.45, 2.75) is 0 Å². The van der Waals surface area contributed by atoms with Crippen molar-refractivity contribution in [2.24, 2.45) is 0 Å². The molecule has 0 atom stereocenters. The van der Waals surface area contributed by atoms with Gasteiger partial charge in [0.25, 0.3) is 0 Å². The predicted octanol–water partition coefficient (Wildman–Crippen LogP) is 13.3. The van der Waals surface area contributed by atoms with E-state index < -0.39 is 0 Å². The normalized spacial score (nSPS) is 12.2. The number of fused-ring (bicyclic) bond motifs is 9. The lowest BCUT2D eigenvalue weighted by atomic mass is 9.96. The fourth-order valence-corrected chi connectivity index (χ4v) is 9.20. The van der Waals surface area contributed by atoms with Crippen LogP contribution < -0.4 is 0 Å². The van der Waals surface area contributed by atoms with Crippen molar-refractivity contribution in [3.05, 3.63) is 164 Å². The van der Waals surface area contributed by atoms with Gasteiger partial charge in [-0.15, -0.1) is 11.3 Å². The standard InChI is InChI=1S/C46H27NS/c1-2-10-33(11-3-1)47-42-21-17-30(29-16-20-34-36-13-6-8-28-9-7-14-37(46(28)36)38(34)24-29)25-39(42)40-26-31(18-22-43(40)47)32-19-23-45-41(27-32)35-12-4-5-15-44(35)48-45/h1-27H. The molecule has 0 N–H and O–H groups in total. The second-order valence-corrected chi connectivity index (χ2v) is 14.0. The highest BCUT2D eigenvalue weighted by molar-refractivity contribution is 7.25. The quantitative estimate of drug-likeness (QED) is 0.184. The van der Waals surface area contributed by atoms with E-state index >= 15 is 0 Å². The molecule has 0 radical (unpaired) electrons. The zero-order valence-electron chi connectivity index (χ0n) is 25.9. The van der Waals surface area contributed by atoms with Crippen LogP contribution in [0.5, 0.6) is 0 Å². The maximum atomic E-state index is 2.41. The molecule has 0 saturated heterocycles. The first-order valence-corrected chi connectivity index (χ1v) is 17.3. The summed E-state index contributed by atoms with van der Waals surface area (Å²) in [5.74, 6) is 0. The number of hydrogen-bond donors (Lipinski definition) is 0. The summed E-state index contributed by atoms with van der Waals surface area (Å²) in [4.78, 5) is 0. The Hall–Kier alpha value is -5.96. The number of thiophene rings is 1. The largest absolute Gasteiger partial charge is 0.309 e. The van der Waals surface area contributed by atoms with Gasteiger partial charge in [-0.05, 0) is 116 Å². The molecule has 1 nitrogen and oxygen atoms in total. The van der Waals surface area contributed by atoms with Crippen molar-refractivity contribution in [1.82, 2.24) is 4.57 Å². The topological polar surface area (TPSA) is 4.93 Å². The lowest BCUT2D eigenvalue weighted by molar-refractivity contribution is 1.18. The number of benzene rings is 8. The smallest absolute Gasteiger partial charge is 0.0541 e. The summed E-state index contributed by atoms with van der Waals surface area (Å²) in [7, 11) is 0. The average molecular weight is 626 g/mol. The molecule has 0 saturated carbocycles. The lowest BCUT2D eigenvalue weighted by Gasteiger charge is -2.09. The van der Waals surface area contributed by atoms with Gasteiger partial charge in [0.2, 0.25) is 0 Å². The van der Waals surface area contributed by atoms with Gasteiger partial charge in [0.05, 0.1) is 11.0 Å². The summed E-state index contributed by atoms with van der Waals surface area (Å²) < 4.78 is 5.08. The summed E-state index contributed by atoms with van der Waals surface area (Å²) in [5, 5.41) is 7.87. The Morgan fingerprint density at radius 3 is 1.69 bits per heavy atom. The van der Waals surface area contributed by atoms with E-state index in [-0.39, 0.29) is 0 Å². The van der Waals surface area contributed by atoms with E-state index in [0.29, 0.717) is 0 Å². The monoisotopic (exact) mass is 625 g/mol. The van der Waals surface area contributed by atoms with Gasteiger partial charge in [-0.1, -0.05) is 103 Å². The Labute approximate surface area is 281 Å². The highest BCUT2D eigenvalue weighted by Gasteiger charge is 2.22. The maximum Gasteiger partial charge on any atom is 0.0541 e. The third-order valence-corrected chi connectivity index (χ3v) is 11.5. The van der Waals surface area contributed by atoms with Crippen LogP contribution in [-0.2, 0) is 0 Å². The molecule has 2 aromatic heterocycles. The summed E-state index contributed by atoms with van der Waals surface area (Å²) in [5.41, 5.74) is 13.9. The first-order valence-electron chi connectivity index (χ1n) is 16.5. The molecule has 0 aliphatic heterocycles. The van der Waals surface area contributed by atoms with E-state index in [4.69, 9.17) is 0 Å². The molecule has 10 aromatic rings. The third kappa shape index (κ3) is 3.66. The Morgan fingerprint density at radius 2 is 0.938 bits per heavy atom. The molecule has 2 heteroatoms. The zero-order valence-corrected chi connectivity index (χ0v) is 26.8. The van der Waals surface area contributed by atoms with Crippen LogP contribution in [0.3, 0.4) is 0 Å². The number of nitrogens with zero attached hydrogens (tertiary/aromatic N) is 1.